The van der Waals surface area contributed by atoms with Gasteiger partial charge in [0.15, 0.2) is 0 Å². The Kier molecular flexibility index (Phi) is 7.48. The molecule has 2 aromatic carbocycles. The van der Waals surface area contributed by atoms with Gasteiger partial charge in [-0.05, 0) is 48.5 Å². The minimum Gasteiger partial charge on any atom is -0.464 e. The van der Waals surface area contributed by atoms with E-state index in [1.165, 1.54) is 25.1 Å². The van der Waals surface area contributed by atoms with Crippen molar-refractivity contribution in [1.29, 1.82) is 0 Å². The number of methoxy groups -OCH3 is 1. The van der Waals surface area contributed by atoms with Gasteiger partial charge in [0.1, 0.15) is 10.7 Å². The predicted octanol–water partition coefficient (Wildman–Crippen LogP) is 4.74. The van der Waals surface area contributed by atoms with Crippen molar-refractivity contribution in [2.75, 3.05) is 12.4 Å². The molecule has 0 saturated carbocycles. The van der Waals surface area contributed by atoms with Crippen molar-refractivity contribution in [3.8, 4) is 0 Å². The first kappa shape index (κ1) is 21.4. The summed E-state index contributed by atoms with van der Waals surface area (Å²) in [6.07, 6.45) is 3.00. The Morgan fingerprint density at radius 2 is 1.77 bits per heavy atom. The summed E-state index contributed by atoms with van der Waals surface area (Å²) >= 11 is 7.40. The van der Waals surface area contributed by atoms with E-state index in [9.17, 15) is 9.59 Å². The smallest absolute Gasteiger partial charge is 0.356 e. The number of hydrogen-bond acceptors (Lipinski definition) is 6. The molecular weight excluding hydrogens is 422 g/mol. The Hall–Kier alpha value is -3.29. The first-order chi connectivity index (χ1) is 14.5. The number of hydrogen-bond donors (Lipinski definition) is 2. The summed E-state index contributed by atoms with van der Waals surface area (Å²) < 4.78 is 4.74. The monoisotopic (exact) mass is 439 g/mol. The van der Waals surface area contributed by atoms with Gasteiger partial charge in [-0.3, -0.25) is 4.79 Å². The number of anilines is 1. The summed E-state index contributed by atoms with van der Waals surface area (Å²) in [4.78, 5) is 29.7. The lowest BCUT2D eigenvalue weighted by atomic mass is 10.2. The van der Waals surface area contributed by atoms with E-state index < -0.39 is 11.9 Å². The lowest BCUT2D eigenvalue weighted by Gasteiger charge is -2.09. The summed E-state index contributed by atoms with van der Waals surface area (Å²) in [5.41, 5.74) is 1.05. The standard InChI is InChI=1S/C22H18ClN3O3S/c1-29-22(28)19(26-21(27)15-5-3-2-4-6-15)14-24-17-9-12-20(25-13-17)30-18-10-7-16(23)8-11-18/h2-14,24H,1H3,(H,26,27)/b19-14+. The molecule has 0 aliphatic carbocycles. The van der Waals surface area contributed by atoms with E-state index in [0.29, 0.717) is 16.3 Å². The summed E-state index contributed by atoms with van der Waals surface area (Å²) in [7, 11) is 1.25. The molecule has 6 nitrogen and oxygen atoms in total. The van der Waals surface area contributed by atoms with Gasteiger partial charge < -0.3 is 15.4 Å². The van der Waals surface area contributed by atoms with E-state index in [0.717, 1.165) is 9.92 Å². The normalized spacial score (nSPS) is 10.9. The fraction of sp³-hybridized carbons (Fsp3) is 0.0455. The summed E-state index contributed by atoms with van der Waals surface area (Å²) in [5, 5.41) is 6.98. The van der Waals surface area contributed by atoms with E-state index >= 15 is 0 Å². The Labute approximate surface area is 183 Å². The zero-order chi connectivity index (χ0) is 21.3. The van der Waals surface area contributed by atoms with Crippen molar-refractivity contribution < 1.29 is 14.3 Å². The van der Waals surface area contributed by atoms with Gasteiger partial charge in [-0.15, -0.1) is 0 Å². The number of nitrogens with zero attached hydrogens (tertiary/aromatic N) is 1. The van der Waals surface area contributed by atoms with Gasteiger partial charge in [0.25, 0.3) is 5.91 Å². The first-order valence-corrected chi connectivity index (χ1v) is 10.1. The molecule has 0 atom stereocenters. The maximum atomic E-state index is 12.3. The van der Waals surface area contributed by atoms with Gasteiger partial charge in [-0.2, -0.15) is 0 Å². The van der Waals surface area contributed by atoms with E-state index in [4.69, 9.17) is 16.3 Å². The highest BCUT2D eigenvalue weighted by molar-refractivity contribution is 7.99. The molecule has 152 valence electrons. The second-order valence-electron chi connectivity index (χ2n) is 5.96. The number of esters is 1. The maximum absolute atomic E-state index is 12.3. The second-order valence-corrected chi connectivity index (χ2v) is 7.49. The van der Waals surface area contributed by atoms with Crippen molar-refractivity contribution in [3.05, 3.63) is 95.4 Å². The topological polar surface area (TPSA) is 80.3 Å². The molecule has 8 heteroatoms. The largest absolute Gasteiger partial charge is 0.464 e. The molecule has 0 saturated heterocycles. The molecule has 3 rings (SSSR count). The number of aromatic nitrogens is 1. The molecule has 0 bridgehead atoms. The molecule has 0 aliphatic rings. The average molecular weight is 440 g/mol. The van der Waals surface area contributed by atoms with Crippen LogP contribution in [0.25, 0.3) is 0 Å². The van der Waals surface area contributed by atoms with Crippen LogP contribution in [0.3, 0.4) is 0 Å². The molecule has 0 radical (unpaired) electrons. The van der Waals surface area contributed by atoms with Crippen LogP contribution in [0.2, 0.25) is 5.02 Å². The number of ether oxygens (including phenoxy) is 1. The van der Waals surface area contributed by atoms with Crippen molar-refractivity contribution >= 4 is 40.9 Å². The van der Waals surface area contributed by atoms with Gasteiger partial charge in [-0.1, -0.05) is 41.6 Å². The fourth-order valence-electron chi connectivity index (χ4n) is 2.34. The summed E-state index contributed by atoms with van der Waals surface area (Å²) in [6, 6.07) is 19.7. The Balaban J connectivity index is 1.66. The first-order valence-electron chi connectivity index (χ1n) is 8.86. The Morgan fingerprint density at radius 3 is 2.40 bits per heavy atom. The molecule has 0 aliphatic heterocycles. The molecule has 1 aromatic heterocycles. The zero-order valence-electron chi connectivity index (χ0n) is 16.0. The highest BCUT2D eigenvalue weighted by atomic mass is 35.5. The van der Waals surface area contributed by atoms with Crippen molar-refractivity contribution in [3.63, 3.8) is 0 Å². The van der Waals surface area contributed by atoms with E-state index in [1.54, 1.807) is 36.5 Å². The van der Waals surface area contributed by atoms with Crippen LogP contribution in [0.15, 0.2) is 94.7 Å². The minimum atomic E-state index is -0.672. The lowest BCUT2D eigenvalue weighted by molar-refractivity contribution is -0.136. The SMILES string of the molecule is COC(=O)/C(=C\Nc1ccc(Sc2ccc(Cl)cc2)nc1)NC(=O)c1ccccc1. The Morgan fingerprint density at radius 1 is 1.03 bits per heavy atom. The third-order valence-corrected chi connectivity index (χ3v) is 5.06. The highest BCUT2D eigenvalue weighted by Crippen LogP contribution is 2.27. The van der Waals surface area contributed by atoms with E-state index in [1.807, 2.05) is 36.4 Å². The van der Waals surface area contributed by atoms with Crippen LogP contribution in [0.1, 0.15) is 10.4 Å². The summed E-state index contributed by atoms with van der Waals surface area (Å²) in [5.74, 6) is -1.09. The number of halogens is 1. The number of nitrogens with one attached hydrogen (secondary N) is 2. The Bertz CT molecular complexity index is 1040. The number of rotatable bonds is 7. The third-order valence-electron chi connectivity index (χ3n) is 3.85. The average Bonchev–Trinajstić information content (AvgIpc) is 2.79. The number of carbonyl (C=O) groups excluding carboxylic acids is 2. The molecule has 30 heavy (non-hydrogen) atoms. The van der Waals surface area contributed by atoms with E-state index in [-0.39, 0.29) is 5.70 Å². The maximum Gasteiger partial charge on any atom is 0.356 e. The van der Waals surface area contributed by atoms with Gasteiger partial charge >= 0.3 is 5.97 Å². The van der Waals surface area contributed by atoms with Crippen LogP contribution in [0.5, 0.6) is 0 Å². The van der Waals surface area contributed by atoms with Crippen LogP contribution in [-0.2, 0) is 9.53 Å². The number of amides is 1. The van der Waals surface area contributed by atoms with Gasteiger partial charge in [0, 0.05) is 21.7 Å². The van der Waals surface area contributed by atoms with Crippen LogP contribution < -0.4 is 10.6 Å². The van der Waals surface area contributed by atoms with Crippen molar-refractivity contribution in [2.24, 2.45) is 0 Å². The van der Waals surface area contributed by atoms with Crippen molar-refractivity contribution in [2.45, 2.75) is 9.92 Å². The van der Waals surface area contributed by atoms with Gasteiger partial charge in [-0.25, -0.2) is 9.78 Å². The van der Waals surface area contributed by atoms with Crippen LogP contribution >= 0.6 is 23.4 Å². The third kappa shape index (κ3) is 6.10. The highest BCUT2D eigenvalue weighted by Gasteiger charge is 2.14. The fourth-order valence-corrected chi connectivity index (χ4v) is 3.23. The summed E-state index contributed by atoms with van der Waals surface area (Å²) in [6.45, 7) is 0. The van der Waals surface area contributed by atoms with Crippen LogP contribution in [0, 0.1) is 0 Å². The van der Waals surface area contributed by atoms with Crippen LogP contribution in [-0.4, -0.2) is 24.0 Å². The molecule has 0 unspecified atom stereocenters. The second kappa shape index (κ2) is 10.5. The van der Waals surface area contributed by atoms with E-state index in [2.05, 4.69) is 15.6 Å². The lowest BCUT2D eigenvalue weighted by Crippen LogP contribution is -2.28. The predicted molar refractivity (Wildman–Crippen MR) is 117 cm³/mol. The minimum absolute atomic E-state index is 0.0223. The molecule has 1 amide bonds. The molecule has 1 heterocycles. The molecule has 0 spiro atoms. The molecule has 2 N–H and O–H groups in total. The quantitative estimate of drug-likeness (QED) is 0.408. The molecular formula is C22H18ClN3O3S. The number of pyridine rings is 1. The molecule has 0 fully saturated rings. The zero-order valence-corrected chi connectivity index (χ0v) is 17.5. The van der Waals surface area contributed by atoms with Crippen molar-refractivity contribution in [1.82, 2.24) is 10.3 Å². The molecule has 3 aromatic rings. The van der Waals surface area contributed by atoms with Crippen LogP contribution in [0.4, 0.5) is 5.69 Å². The van der Waals surface area contributed by atoms with Gasteiger partial charge in [0.2, 0.25) is 0 Å². The van der Waals surface area contributed by atoms with Gasteiger partial charge in [0.05, 0.1) is 19.0 Å². The number of benzene rings is 2. The number of carbonyl (C=O) groups is 2.